The standard InChI is InChI=1S/C11H22N2/c1-9(2)8-12-13-11-6-4-5-10(3)7-11/h9-10,12H,4-8H2,1-3H3/b13-11+. The van der Waals surface area contributed by atoms with E-state index in [0.29, 0.717) is 5.92 Å². The van der Waals surface area contributed by atoms with Crippen molar-refractivity contribution in [2.45, 2.75) is 46.5 Å². The molecule has 0 saturated heterocycles. The van der Waals surface area contributed by atoms with Crippen molar-refractivity contribution in [2.75, 3.05) is 6.54 Å². The van der Waals surface area contributed by atoms with Crippen LogP contribution in [0.15, 0.2) is 5.10 Å². The summed E-state index contributed by atoms with van der Waals surface area (Å²) in [5.74, 6) is 1.53. The van der Waals surface area contributed by atoms with E-state index in [-0.39, 0.29) is 0 Å². The lowest BCUT2D eigenvalue weighted by Gasteiger charge is -2.19. The van der Waals surface area contributed by atoms with Crippen LogP contribution in [-0.2, 0) is 0 Å². The minimum absolute atomic E-state index is 0.686. The summed E-state index contributed by atoms with van der Waals surface area (Å²) in [6, 6.07) is 0. The van der Waals surface area contributed by atoms with Gasteiger partial charge in [-0.3, -0.25) is 0 Å². The predicted octanol–water partition coefficient (Wildman–Crippen LogP) is 2.80. The van der Waals surface area contributed by atoms with Crippen molar-refractivity contribution in [3.05, 3.63) is 0 Å². The molecule has 0 aromatic carbocycles. The maximum absolute atomic E-state index is 4.44. The topological polar surface area (TPSA) is 24.4 Å². The molecule has 1 aliphatic rings. The minimum Gasteiger partial charge on any atom is -0.310 e. The molecule has 0 aromatic rings. The van der Waals surface area contributed by atoms with Gasteiger partial charge in [0.1, 0.15) is 0 Å². The van der Waals surface area contributed by atoms with Gasteiger partial charge in [-0.2, -0.15) is 5.10 Å². The Balaban J connectivity index is 2.25. The highest BCUT2D eigenvalue weighted by Crippen LogP contribution is 2.20. The average Bonchev–Trinajstić information content (AvgIpc) is 2.03. The van der Waals surface area contributed by atoms with Gasteiger partial charge >= 0.3 is 0 Å². The largest absolute Gasteiger partial charge is 0.310 e. The Morgan fingerprint density at radius 2 is 2.31 bits per heavy atom. The Hall–Kier alpha value is -0.530. The normalized spacial score (nSPS) is 26.8. The van der Waals surface area contributed by atoms with Crippen molar-refractivity contribution in [3.63, 3.8) is 0 Å². The molecular weight excluding hydrogens is 160 g/mol. The van der Waals surface area contributed by atoms with Crippen LogP contribution in [0.25, 0.3) is 0 Å². The second kappa shape index (κ2) is 5.25. The summed E-state index contributed by atoms with van der Waals surface area (Å²) in [7, 11) is 0. The number of rotatable bonds is 3. The Bertz CT molecular complexity index is 173. The maximum Gasteiger partial charge on any atom is 0.0381 e. The Labute approximate surface area is 81.8 Å². The third-order valence-corrected chi connectivity index (χ3v) is 2.48. The third kappa shape index (κ3) is 4.30. The van der Waals surface area contributed by atoms with Crippen LogP contribution >= 0.6 is 0 Å². The first-order valence-corrected chi connectivity index (χ1v) is 5.46. The number of hydrazone groups is 1. The molecule has 1 N–H and O–H groups in total. The van der Waals surface area contributed by atoms with Crippen LogP contribution in [0.2, 0.25) is 0 Å². The number of nitrogens with zero attached hydrogens (tertiary/aromatic N) is 1. The summed E-state index contributed by atoms with van der Waals surface area (Å²) < 4.78 is 0. The lowest BCUT2D eigenvalue weighted by Crippen LogP contribution is -2.19. The van der Waals surface area contributed by atoms with E-state index in [1.165, 1.54) is 31.4 Å². The van der Waals surface area contributed by atoms with E-state index in [1.807, 2.05) is 0 Å². The summed E-state index contributed by atoms with van der Waals surface area (Å²) in [4.78, 5) is 0. The summed E-state index contributed by atoms with van der Waals surface area (Å²) in [5, 5.41) is 4.44. The second-order valence-electron chi connectivity index (χ2n) is 4.64. The average molecular weight is 182 g/mol. The Morgan fingerprint density at radius 3 is 2.92 bits per heavy atom. The van der Waals surface area contributed by atoms with Gasteiger partial charge in [-0.05, 0) is 37.5 Å². The summed E-state index contributed by atoms with van der Waals surface area (Å²) >= 11 is 0. The van der Waals surface area contributed by atoms with E-state index < -0.39 is 0 Å². The minimum atomic E-state index is 0.686. The fraction of sp³-hybridized carbons (Fsp3) is 0.909. The van der Waals surface area contributed by atoms with Crippen LogP contribution in [0.3, 0.4) is 0 Å². The first-order chi connectivity index (χ1) is 6.18. The molecule has 1 fully saturated rings. The first-order valence-electron chi connectivity index (χ1n) is 5.46. The van der Waals surface area contributed by atoms with E-state index in [0.717, 1.165) is 12.5 Å². The quantitative estimate of drug-likeness (QED) is 0.667. The molecule has 2 heteroatoms. The zero-order valence-electron chi connectivity index (χ0n) is 9.14. The van der Waals surface area contributed by atoms with Crippen molar-refractivity contribution in [1.82, 2.24) is 5.43 Å². The van der Waals surface area contributed by atoms with Gasteiger partial charge < -0.3 is 5.43 Å². The van der Waals surface area contributed by atoms with Gasteiger partial charge in [0.25, 0.3) is 0 Å². The smallest absolute Gasteiger partial charge is 0.0381 e. The molecule has 1 aliphatic carbocycles. The number of nitrogens with one attached hydrogen (secondary N) is 1. The third-order valence-electron chi connectivity index (χ3n) is 2.48. The van der Waals surface area contributed by atoms with Crippen molar-refractivity contribution >= 4 is 5.71 Å². The molecule has 13 heavy (non-hydrogen) atoms. The van der Waals surface area contributed by atoms with Crippen molar-refractivity contribution in [2.24, 2.45) is 16.9 Å². The van der Waals surface area contributed by atoms with Gasteiger partial charge in [0.2, 0.25) is 0 Å². The summed E-state index contributed by atoms with van der Waals surface area (Å²) in [6.45, 7) is 7.72. The highest BCUT2D eigenvalue weighted by atomic mass is 15.3. The highest BCUT2D eigenvalue weighted by Gasteiger charge is 2.13. The molecule has 0 amide bonds. The van der Waals surface area contributed by atoms with Gasteiger partial charge in [-0.1, -0.05) is 20.8 Å². The lowest BCUT2D eigenvalue weighted by molar-refractivity contribution is 0.492. The molecule has 0 aliphatic heterocycles. The molecular formula is C11H22N2. The van der Waals surface area contributed by atoms with E-state index in [1.54, 1.807) is 0 Å². The van der Waals surface area contributed by atoms with Gasteiger partial charge in [0, 0.05) is 12.3 Å². The molecule has 0 spiro atoms. The monoisotopic (exact) mass is 182 g/mol. The molecule has 0 aromatic heterocycles. The zero-order chi connectivity index (χ0) is 9.68. The van der Waals surface area contributed by atoms with Crippen LogP contribution in [0.4, 0.5) is 0 Å². The molecule has 76 valence electrons. The van der Waals surface area contributed by atoms with E-state index in [9.17, 15) is 0 Å². The molecule has 1 unspecified atom stereocenters. The fourth-order valence-electron chi connectivity index (χ4n) is 1.70. The van der Waals surface area contributed by atoms with Gasteiger partial charge in [0.15, 0.2) is 0 Å². The van der Waals surface area contributed by atoms with Crippen LogP contribution in [-0.4, -0.2) is 12.3 Å². The van der Waals surface area contributed by atoms with E-state index >= 15 is 0 Å². The van der Waals surface area contributed by atoms with Gasteiger partial charge in [-0.15, -0.1) is 0 Å². The Morgan fingerprint density at radius 1 is 1.54 bits per heavy atom. The second-order valence-corrected chi connectivity index (χ2v) is 4.64. The van der Waals surface area contributed by atoms with E-state index in [4.69, 9.17) is 0 Å². The first kappa shape index (κ1) is 10.6. The van der Waals surface area contributed by atoms with Crippen molar-refractivity contribution in [1.29, 1.82) is 0 Å². The van der Waals surface area contributed by atoms with Crippen molar-refractivity contribution < 1.29 is 0 Å². The summed E-state index contributed by atoms with van der Waals surface area (Å²) in [6.07, 6.45) is 5.10. The molecule has 1 saturated carbocycles. The number of hydrogen-bond acceptors (Lipinski definition) is 2. The highest BCUT2D eigenvalue weighted by molar-refractivity contribution is 5.85. The molecule has 1 rings (SSSR count). The maximum atomic E-state index is 4.44. The van der Waals surface area contributed by atoms with Crippen molar-refractivity contribution in [3.8, 4) is 0 Å². The van der Waals surface area contributed by atoms with Crippen LogP contribution in [0.5, 0.6) is 0 Å². The molecule has 2 nitrogen and oxygen atoms in total. The molecule has 0 bridgehead atoms. The fourth-order valence-corrected chi connectivity index (χ4v) is 1.70. The van der Waals surface area contributed by atoms with Gasteiger partial charge in [-0.25, -0.2) is 0 Å². The van der Waals surface area contributed by atoms with E-state index in [2.05, 4.69) is 31.3 Å². The summed E-state index contributed by atoms with van der Waals surface area (Å²) in [5.41, 5.74) is 4.54. The van der Waals surface area contributed by atoms with Crippen LogP contribution < -0.4 is 5.43 Å². The lowest BCUT2D eigenvalue weighted by atomic mass is 9.89. The molecule has 0 heterocycles. The molecule has 1 atom stereocenters. The van der Waals surface area contributed by atoms with Crippen LogP contribution in [0.1, 0.15) is 46.5 Å². The number of hydrogen-bond donors (Lipinski definition) is 1. The predicted molar refractivity (Wildman–Crippen MR) is 57.9 cm³/mol. The zero-order valence-corrected chi connectivity index (χ0v) is 9.14. The van der Waals surface area contributed by atoms with Crippen LogP contribution in [0, 0.1) is 11.8 Å². The van der Waals surface area contributed by atoms with Gasteiger partial charge in [0.05, 0.1) is 0 Å². The Kier molecular flexibility index (Phi) is 4.26. The SMILES string of the molecule is CC(C)CN/N=C1\CCCC(C)C1. The molecule has 0 radical (unpaired) electrons.